The van der Waals surface area contributed by atoms with Gasteiger partial charge in [0.05, 0.1) is 6.61 Å². The molecule has 4 nitrogen and oxygen atoms in total. The molecule has 0 rings (SSSR count). The SMILES string of the molecule is CCCCOC(=O)CC(=O)O.[H-].[K+]. The molecule has 5 heteroatoms. The fourth-order valence-corrected chi connectivity index (χ4v) is 0.505. The molecule has 0 aromatic heterocycles. The van der Waals surface area contributed by atoms with Crippen molar-refractivity contribution in [2.24, 2.45) is 0 Å². The molecule has 0 aromatic carbocycles. The number of carboxylic acids is 1. The van der Waals surface area contributed by atoms with Gasteiger partial charge in [-0.3, -0.25) is 9.59 Å². The van der Waals surface area contributed by atoms with Crippen molar-refractivity contribution in [1.82, 2.24) is 0 Å². The zero-order valence-electron chi connectivity index (χ0n) is 8.50. The molecule has 0 aliphatic rings. The summed E-state index contributed by atoms with van der Waals surface area (Å²) < 4.78 is 4.57. The van der Waals surface area contributed by atoms with Crippen LogP contribution in [0, 0.1) is 0 Å². The average Bonchev–Trinajstić information content (AvgIpc) is 1.86. The predicted molar refractivity (Wildman–Crippen MR) is 39.2 cm³/mol. The first-order valence-corrected chi connectivity index (χ1v) is 3.54. The molecule has 0 unspecified atom stereocenters. The number of carbonyl (C=O) groups is 2. The summed E-state index contributed by atoms with van der Waals surface area (Å²) in [5.41, 5.74) is 0. The Morgan fingerprint density at radius 2 is 2.08 bits per heavy atom. The average molecular weight is 200 g/mol. The number of rotatable bonds is 5. The van der Waals surface area contributed by atoms with Crippen molar-refractivity contribution in [3.05, 3.63) is 0 Å². The minimum absolute atomic E-state index is 0. The Hall–Kier alpha value is 0.576. The molecule has 0 aliphatic carbocycles. The van der Waals surface area contributed by atoms with Crippen molar-refractivity contribution in [3.63, 3.8) is 0 Å². The van der Waals surface area contributed by atoms with Gasteiger partial charge in [-0.1, -0.05) is 13.3 Å². The van der Waals surface area contributed by atoms with Crippen LogP contribution in [-0.2, 0) is 14.3 Å². The number of hydrogen-bond donors (Lipinski definition) is 1. The van der Waals surface area contributed by atoms with Gasteiger partial charge in [0.15, 0.2) is 0 Å². The molecule has 0 saturated heterocycles. The standard InChI is InChI=1S/C7H12O4.K.H/c1-2-3-4-11-7(10)5-6(8)9;;/h2-5H2,1H3,(H,8,9);;/q;+1;-1. The topological polar surface area (TPSA) is 63.6 Å². The Bertz CT molecular complexity index is 151. The molecule has 0 amide bonds. The summed E-state index contributed by atoms with van der Waals surface area (Å²) in [5.74, 6) is -1.81. The third-order valence-corrected chi connectivity index (χ3v) is 1.06. The molecular weight excluding hydrogens is 187 g/mol. The first kappa shape index (κ1) is 15.1. The molecular formula is C7H13KO4. The third kappa shape index (κ3) is 10.6. The van der Waals surface area contributed by atoms with E-state index in [9.17, 15) is 9.59 Å². The molecule has 0 fully saturated rings. The van der Waals surface area contributed by atoms with Crippen LogP contribution < -0.4 is 51.4 Å². The smallest absolute Gasteiger partial charge is 1.00 e. The zero-order chi connectivity index (χ0) is 8.69. The first-order valence-electron chi connectivity index (χ1n) is 3.54. The van der Waals surface area contributed by atoms with Crippen molar-refractivity contribution in [2.75, 3.05) is 6.61 Å². The normalized spacial score (nSPS) is 8.42. The van der Waals surface area contributed by atoms with Crippen LogP contribution in [0.4, 0.5) is 0 Å². The molecule has 1 N–H and O–H groups in total. The minimum atomic E-state index is -1.15. The van der Waals surface area contributed by atoms with E-state index in [0.29, 0.717) is 6.61 Å². The van der Waals surface area contributed by atoms with E-state index in [-0.39, 0.29) is 52.8 Å². The molecule has 0 spiro atoms. The van der Waals surface area contributed by atoms with Crippen LogP contribution in [0.1, 0.15) is 27.6 Å². The van der Waals surface area contributed by atoms with Gasteiger partial charge < -0.3 is 11.3 Å². The Kier molecular flexibility index (Phi) is 12.1. The van der Waals surface area contributed by atoms with E-state index in [2.05, 4.69) is 4.74 Å². The van der Waals surface area contributed by atoms with Gasteiger partial charge in [-0.2, -0.15) is 0 Å². The van der Waals surface area contributed by atoms with Crippen LogP contribution >= 0.6 is 0 Å². The molecule has 0 aliphatic heterocycles. The van der Waals surface area contributed by atoms with Crippen molar-refractivity contribution in [1.29, 1.82) is 0 Å². The molecule has 0 aromatic rings. The molecule has 0 heterocycles. The summed E-state index contributed by atoms with van der Waals surface area (Å²) in [6, 6.07) is 0. The second kappa shape index (κ2) is 9.66. The van der Waals surface area contributed by atoms with Crippen LogP contribution in [0.15, 0.2) is 0 Å². The number of aliphatic carboxylic acids is 1. The van der Waals surface area contributed by atoms with Gasteiger partial charge >= 0.3 is 63.3 Å². The van der Waals surface area contributed by atoms with Gasteiger partial charge in [0.2, 0.25) is 0 Å². The van der Waals surface area contributed by atoms with E-state index in [1.54, 1.807) is 0 Å². The van der Waals surface area contributed by atoms with E-state index in [0.717, 1.165) is 12.8 Å². The Morgan fingerprint density at radius 3 is 2.50 bits per heavy atom. The van der Waals surface area contributed by atoms with Crippen LogP contribution in [0.25, 0.3) is 0 Å². The number of ether oxygens (including phenoxy) is 1. The molecule has 0 saturated carbocycles. The van der Waals surface area contributed by atoms with Crippen LogP contribution in [0.3, 0.4) is 0 Å². The predicted octanol–water partition coefficient (Wildman–Crippen LogP) is -2.08. The van der Waals surface area contributed by atoms with Crippen LogP contribution in [-0.4, -0.2) is 23.7 Å². The largest absolute Gasteiger partial charge is 1.00 e. The third-order valence-electron chi connectivity index (χ3n) is 1.06. The Balaban J connectivity index is -0.000000500. The molecule has 0 radical (unpaired) electrons. The number of hydrogen-bond acceptors (Lipinski definition) is 3. The van der Waals surface area contributed by atoms with Gasteiger partial charge in [-0.15, -0.1) is 0 Å². The number of esters is 1. The number of carboxylic acid groups (broad SMARTS) is 1. The minimum Gasteiger partial charge on any atom is -1.00 e. The van der Waals surface area contributed by atoms with E-state index >= 15 is 0 Å². The molecule has 12 heavy (non-hydrogen) atoms. The Morgan fingerprint density at radius 1 is 1.50 bits per heavy atom. The molecule has 66 valence electrons. The van der Waals surface area contributed by atoms with Gasteiger partial charge in [0.25, 0.3) is 0 Å². The quantitative estimate of drug-likeness (QED) is 0.239. The van der Waals surface area contributed by atoms with E-state index < -0.39 is 18.4 Å². The zero-order valence-corrected chi connectivity index (χ0v) is 10.6. The summed E-state index contributed by atoms with van der Waals surface area (Å²) in [7, 11) is 0. The fraction of sp³-hybridized carbons (Fsp3) is 0.714. The van der Waals surface area contributed by atoms with Crippen molar-refractivity contribution in [3.8, 4) is 0 Å². The summed E-state index contributed by atoms with van der Waals surface area (Å²) in [6.07, 6.45) is 1.18. The maximum atomic E-state index is 10.5. The van der Waals surface area contributed by atoms with Crippen LogP contribution in [0.5, 0.6) is 0 Å². The van der Waals surface area contributed by atoms with Crippen molar-refractivity contribution < 1.29 is 72.2 Å². The Labute approximate surface area is 116 Å². The summed E-state index contributed by atoms with van der Waals surface area (Å²) in [6.45, 7) is 2.29. The molecule has 0 bridgehead atoms. The first-order chi connectivity index (χ1) is 5.16. The van der Waals surface area contributed by atoms with Gasteiger partial charge in [-0.05, 0) is 6.42 Å². The monoisotopic (exact) mass is 200 g/mol. The second-order valence-electron chi connectivity index (χ2n) is 2.14. The number of carbonyl (C=O) groups excluding carboxylic acids is 1. The summed E-state index contributed by atoms with van der Waals surface area (Å²) >= 11 is 0. The summed E-state index contributed by atoms with van der Waals surface area (Å²) in [4.78, 5) is 20.5. The maximum absolute atomic E-state index is 10.5. The second-order valence-corrected chi connectivity index (χ2v) is 2.14. The van der Waals surface area contributed by atoms with Crippen LogP contribution in [0.2, 0.25) is 0 Å². The number of unbranched alkanes of at least 4 members (excludes halogenated alkanes) is 1. The van der Waals surface area contributed by atoms with Gasteiger partial charge in [0, 0.05) is 0 Å². The van der Waals surface area contributed by atoms with E-state index in [1.165, 1.54) is 0 Å². The van der Waals surface area contributed by atoms with E-state index in [1.807, 2.05) is 6.92 Å². The molecule has 0 atom stereocenters. The van der Waals surface area contributed by atoms with E-state index in [4.69, 9.17) is 5.11 Å². The van der Waals surface area contributed by atoms with Crippen molar-refractivity contribution in [2.45, 2.75) is 26.2 Å². The summed E-state index contributed by atoms with van der Waals surface area (Å²) in [5, 5.41) is 8.14. The maximum Gasteiger partial charge on any atom is 1.00 e. The van der Waals surface area contributed by atoms with Gasteiger partial charge in [0.1, 0.15) is 6.42 Å². The van der Waals surface area contributed by atoms with Crippen molar-refractivity contribution >= 4 is 11.9 Å². The van der Waals surface area contributed by atoms with Gasteiger partial charge in [-0.25, -0.2) is 0 Å². The fourth-order valence-electron chi connectivity index (χ4n) is 0.505.